The summed E-state index contributed by atoms with van der Waals surface area (Å²) >= 11 is 1.88. The molecule has 208 valence electrons. The molecule has 3 heterocycles. The first-order chi connectivity index (χ1) is 21.8. The van der Waals surface area contributed by atoms with E-state index in [1.807, 2.05) is 17.4 Å². The van der Waals surface area contributed by atoms with Gasteiger partial charge in [-0.25, -0.2) is 4.99 Å². The molecule has 1 aliphatic rings. The zero-order chi connectivity index (χ0) is 29.0. The summed E-state index contributed by atoms with van der Waals surface area (Å²) in [5.41, 5.74) is 7.98. The summed E-state index contributed by atoms with van der Waals surface area (Å²) in [5, 5.41) is 8.89. The molecule has 0 saturated heterocycles. The Labute approximate surface area is 259 Å². The van der Waals surface area contributed by atoms with Gasteiger partial charge in [0.1, 0.15) is 5.84 Å². The van der Waals surface area contributed by atoms with Crippen LogP contribution in [-0.2, 0) is 0 Å². The maximum atomic E-state index is 5.12. The molecule has 1 N–H and O–H groups in total. The number of benzene rings is 6. The number of nitrogens with zero attached hydrogens (tertiary/aromatic N) is 2. The highest BCUT2D eigenvalue weighted by atomic mass is 32.1. The Hall–Kier alpha value is -5.45. The molecule has 2 aromatic heterocycles. The first kappa shape index (κ1) is 25.1. The molecule has 1 unspecified atom stereocenters. The second-order valence-electron chi connectivity index (χ2n) is 11.2. The van der Waals surface area contributed by atoms with Crippen molar-refractivity contribution in [2.45, 2.75) is 6.04 Å². The first-order valence-corrected chi connectivity index (χ1v) is 15.8. The van der Waals surface area contributed by atoms with Gasteiger partial charge in [-0.15, -0.1) is 11.3 Å². The van der Waals surface area contributed by atoms with Gasteiger partial charge in [-0.2, -0.15) is 0 Å². The molecule has 0 bridgehead atoms. The van der Waals surface area contributed by atoms with Gasteiger partial charge in [-0.05, 0) is 53.6 Å². The average Bonchev–Trinajstić information content (AvgIpc) is 3.65. The fourth-order valence-corrected chi connectivity index (χ4v) is 7.80. The van der Waals surface area contributed by atoms with Gasteiger partial charge in [-0.1, -0.05) is 109 Å². The molecule has 1 atom stereocenters. The van der Waals surface area contributed by atoms with Crippen molar-refractivity contribution in [1.82, 2.24) is 9.88 Å². The number of aromatic nitrogens is 1. The van der Waals surface area contributed by atoms with Crippen LogP contribution < -0.4 is 5.32 Å². The highest BCUT2D eigenvalue weighted by Gasteiger charge is 2.21. The average molecular weight is 582 g/mol. The summed E-state index contributed by atoms with van der Waals surface area (Å²) in [6.45, 7) is 0. The number of fused-ring (bicyclic) bond motifs is 7. The SMILES string of the molecule is C1=C(c2ccccc2)N=C(c2ccc(-n3c4ccccc4c4ccc5c6ccccc6sc5c43)cc2)NC1c1ccccc1. The minimum absolute atomic E-state index is 0.0252. The standard InChI is InChI=1S/C40H27N3S/c1-3-11-26(12-4-1)34-25-35(27-13-5-2-6-14-27)42-40(41-34)28-19-21-29(22-20-28)43-36-17-9-7-15-30(36)32-23-24-33-31-16-8-10-18-37(31)44-39(33)38(32)43/h1-25,34H,(H,41,42). The van der Waals surface area contributed by atoms with E-state index in [1.165, 1.54) is 47.5 Å². The lowest BCUT2D eigenvalue weighted by molar-refractivity contribution is 0.781. The van der Waals surface area contributed by atoms with Crippen molar-refractivity contribution in [1.29, 1.82) is 0 Å². The molecule has 0 saturated carbocycles. The number of para-hydroxylation sites is 1. The minimum Gasteiger partial charge on any atom is -0.359 e. The molecule has 0 fully saturated rings. The normalized spacial score (nSPS) is 15.0. The molecule has 4 heteroatoms. The largest absolute Gasteiger partial charge is 0.359 e. The van der Waals surface area contributed by atoms with E-state index in [1.54, 1.807) is 0 Å². The van der Waals surface area contributed by atoms with Gasteiger partial charge < -0.3 is 9.88 Å². The van der Waals surface area contributed by atoms with E-state index in [-0.39, 0.29) is 6.04 Å². The van der Waals surface area contributed by atoms with Gasteiger partial charge >= 0.3 is 0 Å². The lowest BCUT2D eigenvalue weighted by Crippen LogP contribution is -2.31. The molecule has 1 aliphatic heterocycles. The zero-order valence-corrected chi connectivity index (χ0v) is 24.6. The Bertz CT molecular complexity index is 2400. The van der Waals surface area contributed by atoms with Crippen LogP contribution in [0.3, 0.4) is 0 Å². The maximum absolute atomic E-state index is 5.12. The van der Waals surface area contributed by atoms with E-state index in [0.717, 1.165) is 28.3 Å². The molecule has 0 radical (unpaired) electrons. The van der Waals surface area contributed by atoms with Crippen LogP contribution in [0.15, 0.2) is 157 Å². The summed E-state index contributed by atoms with van der Waals surface area (Å²) < 4.78 is 5.08. The van der Waals surface area contributed by atoms with Crippen LogP contribution in [0, 0.1) is 0 Å². The number of hydrogen-bond acceptors (Lipinski definition) is 3. The number of amidine groups is 1. The van der Waals surface area contributed by atoms with Gasteiger partial charge in [0.05, 0.1) is 27.5 Å². The Kier molecular flexibility index (Phi) is 5.75. The molecule has 44 heavy (non-hydrogen) atoms. The highest BCUT2D eigenvalue weighted by Crippen LogP contribution is 2.42. The summed E-state index contributed by atoms with van der Waals surface area (Å²) in [5.74, 6) is 0.876. The fourth-order valence-electron chi connectivity index (χ4n) is 6.56. The third-order valence-electron chi connectivity index (χ3n) is 8.66. The molecule has 0 aliphatic carbocycles. The van der Waals surface area contributed by atoms with Crippen LogP contribution in [0.5, 0.6) is 0 Å². The number of thiophene rings is 1. The van der Waals surface area contributed by atoms with Gasteiger partial charge in [-0.3, -0.25) is 0 Å². The predicted molar refractivity (Wildman–Crippen MR) is 187 cm³/mol. The van der Waals surface area contributed by atoms with E-state index in [2.05, 4.69) is 155 Å². The Balaban J connectivity index is 1.19. The maximum Gasteiger partial charge on any atom is 0.134 e. The third kappa shape index (κ3) is 3.99. The molecule has 8 aromatic rings. The van der Waals surface area contributed by atoms with Crippen molar-refractivity contribution in [3.05, 3.63) is 168 Å². The van der Waals surface area contributed by atoms with E-state index >= 15 is 0 Å². The smallest absolute Gasteiger partial charge is 0.134 e. The second kappa shape index (κ2) is 10.1. The van der Waals surface area contributed by atoms with Gasteiger partial charge in [0.2, 0.25) is 0 Å². The van der Waals surface area contributed by atoms with Crippen molar-refractivity contribution >= 4 is 64.8 Å². The monoisotopic (exact) mass is 581 g/mol. The summed E-state index contributed by atoms with van der Waals surface area (Å²) in [6.07, 6.45) is 2.22. The first-order valence-electron chi connectivity index (χ1n) is 14.9. The van der Waals surface area contributed by atoms with Gasteiger partial charge in [0.25, 0.3) is 0 Å². The molecule has 0 amide bonds. The van der Waals surface area contributed by atoms with E-state index in [9.17, 15) is 0 Å². The Morgan fingerprint density at radius 2 is 1.25 bits per heavy atom. The number of aliphatic imine (C=N–C) groups is 1. The van der Waals surface area contributed by atoms with Crippen LogP contribution in [0.1, 0.15) is 22.7 Å². The third-order valence-corrected chi connectivity index (χ3v) is 9.85. The van der Waals surface area contributed by atoms with E-state index < -0.39 is 0 Å². The lowest BCUT2D eigenvalue weighted by Gasteiger charge is -2.24. The predicted octanol–water partition coefficient (Wildman–Crippen LogP) is 10.3. The van der Waals surface area contributed by atoms with Crippen LogP contribution >= 0.6 is 11.3 Å². The van der Waals surface area contributed by atoms with Crippen LogP contribution in [0.2, 0.25) is 0 Å². The fraction of sp³-hybridized carbons (Fsp3) is 0.0250. The van der Waals surface area contributed by atoms with Crippen LogP contribution in [0.4, 0.5) is 0 Å². The number of hydrogen-bond donors (Lipinski definition) is 1. The molecule has 3 nitrogen and oxygen atoms in total. The topological polar surface area (TPSA) is 29.3 Å². The summed E-state index contributed by atoms with van der Waals surface area (Å²) in [7, 11) is 0. The van der Waals surface area contributed by atoms with Crippen molar-refractivity contribution in [2.75, 3.05) is 0 Å². The van der Waals surface area contributed by atoms with Gasteiger partial charge in [0.15, 0.2) is 0 Å². The van der Waals surface area contributed by atoms with Crippen LogP contribution in [-0.4, -0.2) is 10.4 Å². The van der Waals surface area contributed by atoms with Crippen molar-refractivity contribution in [3.63, 3.8) is 0 Å². The van der Waals surface area contributed by atoms with Crippen molar-refractivity contribution < 1.29 is 0 Å². The van der Waals surface area contributed by atoms with E-state index in [0.29, 0.717) is 0 Å². The molecular weight excluding hydrogens is 555 g/mol. The minimum atomic E-state index is 0.0252. The second-order valence-corrected chi connectivity index (χ2v) is 12.3. The number of nitrogens with one attached hydrogen (secondary N) is 1. The van der Waals surface area contributed by atoms with Gasteiger partial charge in [0, 0.05) is 37.5 Å². The number of rotatable bonds is 4. The van der Waals surface area contributed by atoms with Crippen LogP contribution in [0.25, 0.3) is 53.4 Å². The van der Waals surface area contributed by atoms with E-state index in [4.69, 9.17) is 4.99 Å². The Morgan fingerprint density at radius 1 is 0.568 bits per heavy atom. The molecule has 9 rings (SSSR count). The Morgan fingerprint density at radius 3 is 2.07 bits per heavy atom. The zero-order valence-electron chi connectivity index (χ0n) is 23.8. The molecule has 6 aromatic carbocycles. The summed E-state index contributed by atoms with van der Waals surface area (Å²) in [4.78, 5) is 5.12. The summed E-state index contributed by atoms with van der Waals surface area (Å²) in [6, 6.07) is 52.0. The van der Waals surface area contributed by atoms with Crippen molar-refractivity contribution in [2.24, 2.45) is 4.99 Å². The quantitative estimate of drug-likeness (QED) is 0.220. The van der Waals surface area contributed by atoms with Crippen molar-refractivity contribution in [3.8, 4) is 5.69 Å². The molecule has 0 spiro atoms. The lowest BCUT2D eigenvalue weighted by atomic mass is 10.0. The molecular formula is C40H27N3S. The highest BCUT2D eigenvalue weighted by molar-refractivity contribution is 7.26.